The number of para-hydroxylation sites is 1. The minimum atomic E-state index is -1.85. The van der Waals surface area contributed by atoms with Crippen LogP contribution in [0.4, 0.5) is 0 Å². The molecule has 0 heterocycles. The first-order chi connectivity index (χ1) is 5.08. The third kappa shape index (κ3) is 3.47. The van der Waals surface area contributed by atoms with Crippen molar-refractivity contribution in [2.45, 2.75) is 17.3 Å². The van der Waals surface area contributed by atoms with E-state index in [0.29, 0.717) is 0 Å². The number of hydrogen-bond acceptors (Lipinski definition) is 1. The summed E-state index contributed by atoms with van der Waals surface area (Å²) >= 11 is -1.85. The van der Waals surface area contributed by atoms with Gasteiger partial charge in [-0.15, -0.1) is 0 Å². The van der Waals surface area contributed by atoms with Crippen LogP contribution in [-0.4, -0.2) is 13.6 Å². The molecule has 0 N–H and O–H groups in total. The molecular formula is C9H14GeO. The summed E-state index contributed by atoms with van der Waals surface area (Å²) in [6.45, 7) is 0. The molecule has 0 bridgehead atoms. The number of hydrogen-bond donors (Lipinski definition) is 0. The molecule has 0 aliphatic rings. The molecule has 0 amide bonds. The average molecular weight is 211 g/mol. The molecule has 0 aromatic heterocycles. The van der Waals surface area contributed by atoms with Crippen molar-refractivity contribution in [3.63, 3.8) is 0 Å². The molecule has 0 radical (unpaired) electrons. The molecule has 1 nitrogen and oxygen atoms in total. The van der Waals surface area contributed by atoms with Gasteiger partial charge in [0, 0.05) is 0 Å². The molecule has 0 saturated carbocycles. The Kier molecular flexibility index (Phi) is 2.60. The molecule has 11 heavy (non-hydrogen) atoms. The average Bonchev–Trinajstić information content (AvgIpc) is 1.85. The predicted molar refractivity (Wildman–Crippen MR) is 50.4 cm³/mol. The van der Waals surface area contributed by atoms with E-state index in [1.807, 2.05) is 30.3 Å². The second kappa shape index (κ2) is 3.31. The predicted octanol–water partition coefficient (Wildman–Crippen LogP) is 2.90. The molecule has 1 aromatic rings. The molecular weight excluding hydrogens is 197 g/mol. The summed E-state index contributed by atoms with van der Waals surface area (Å²) < 4.78 is 5.79. The summed E-state index contributed by atoms with van der Waals surface area (Å²) in [5.74, 6) is 7.70. The van der Waals surface area contributed by atoms with Crippen LogP contribution < -0.4 is 3.76 Å². The summed E-state index contributed by atoms with van der Waals surface area (Å²) in [6.07, 6.45) is 0. The van der Waals surface area contributed by atoms with Crippen LogP contribution in [-0.2, 0) is 0 Å². The summed E-state index contributed by atoms with van der Waals surface area (Å²) in [7, 11) is 0. The van der Waals surface area contributed by atoms with Crippen LogP contribution >= 0.6 is 0 Å². The Labute approximate surface area is 71.1 Å². The van der Waals surface area contributed by atoms with Crippen LogP contribution in [0, 0.1) is 0 Å². The van der Waals surface area contributed by atoms with Crippen LogP contribution in [0.5, 0.6) is 5.75 Å². The van der Waals surface area contributed by atoms with E-state index in [-0.39, 0.29) is 0 Å². The van der Waals surface area contributed by atoms with Gasteiger partial charge >= 0.3 is 70.7 Å². The Morgan fingerprint density at radius 1 is 1.00 bits per heavy atom. The first-order valence-corrected chi connectivity index (χ1v) is 11.0. The van der Waals surface area contributed by atoms with E-state index in [4.69, 9.17) is 3.76 Å². The molecule has 0 spiro atoms. The van der Waals surface area contributed by atoms with Gasteiger partial charge in [-0.2, -0.15) is 0 Å². The van der Waals surface area contributed by atoms with E-state index >= 15 is 0 Å². The molecule has 1 aromatic carbocycles. The summed E-state index contributed by atoms with van der Waals surface area (Å²) in [4.78, 5) is 0. The van der Waals surface area contributed by atoms with E-state index in [0.717, 1.165) is 5.75 Å². The standard InChI is InChI=1S/C9H14GeO/c1-10(2,3)11-9-7-5-4-6-8-9/h4-8H,1-3H3. The van der Waals surface area contributed by atoms with Gasteiger partial charge < -0.3 is 0 Å². The normalized spacial score (nSPS) is 11.2. The number of rotatable bonds is 2. The van der Waals surface area contributed by atoms with Gasteiger partial charge in [0.05, 0.1) is 0 Å². The zero-order valence-electron chi connectivity index (χ0n) is 7.29. The van der Waals surface area contributed by atoms with Crippen molar-refractivity contribution < 1.29 is 3.76 Å². The zero-order chi connectivity index (χ0) is 8.32. The van der Waals surface area contributed by atoms with Crippen LogP contribution in [0.25, 0.3) is 0 Å². The Morgan fingerprint density at radius 3 is 2.00 bits per heavy atom. The minimum absolute atomic E-state index is 1.01. The fourth-order valence-electron chi connectivity index (χ4n) is 0.842. The van der Waals surface area contributed by atoms with Crippen molar-refractivity contribution in [1.82, 2.24) is 0 Å². The monoisotopic (exact) mass is 212 g/mol. The summed E-state index contributed by atoms with van der Waals surface area (Å²) in [5, 5.41) is 0. The molecule has 0 aliphatic heterocycles. The SMILES string of the molecule is [CH3][Ge]([CH3])([CH3])[O]c1ccccc1. The van der Waals surface area contributed by atoms with Gasteiger partial charge in [-0.3, -0.25) is 0 Å². The van der Waals surface area contributed by atoms with Crippen molar-refractivity contribution in [2.24, 2.45) is 0 Å². The molecule has 2 heteroatoms. The molecule has 0 fully saturated rings. The maximum atomic E-state index is 5.79. The Morgan fingerprint density at radius 2 is 1.55 bits per heavy atom. The van der Waals surface area contributed by atoms with Gasteiger partial charge in [-0.05, 0) is 0 Å². The summed E-state index contributed by atoms with van der Waals surface area (Å²) in [5.41, 5.74) is 0. The van der Waals surface area contributed by atoms with E-state index in [9.17, 15) is 0 Å². The van der Waals surface area contributed by atoms with E-state index in [1.165, 1.54) is 0 Å². The van der Waals surface area contributed by atoms with Crippen LogP contribution in [0.1, 0.15) is 0 Å². The van der Waals surface area contributed by atoms with Gasteiger partial charge in [0.1, 0.15) is 0 Å². The van der Waals surface area contributed by atoms with E-state index in [2.05, 4.69) is 17.3 Å². The molecule has 60 valence electrons. The van der Waals surface area contributed by atoms with Gasteiger partial charge in [0.15, 0.2) is 0 Å². The summed E-state index contributed by atoms with van der Waals surface area (Å²) in [6, 6.07) is 10.0. The molecule has 0 atom stereocenters. The Balaban J connectivity index is 2.66. The maximum absolute atomic E-state index is 5.79. The van der Waals surface area contributed by atoms with Gasteiger partial charge in [-0.25, -0.2) is 0 Å². The first kappa shape index (κ1) is 8.66. The third-order valence-corrected chi connectivity index (χ3v) is 2.95. The van der Waals surface area contributed by atoms with E-state index in [1.54, 1.807) is 0 Å². The van der Waals surface area contributed by atoms with Crippen molar-refractivity contribution in [2.75, 3.05) is 0 Å². The molecule has 0 unspecified atom stereocenters. The van der Waals surface area contributed by atoms with Gasteiger partial charge in [-0.1, -0.05) is 0 Å². The van der Waals surface area contributed by atoms with Crippen molar-refractivity contribution in [3.8, 4) is 5.75 Å². The Bertz CT molecular complexity index is 213. The fourth-order valence-corrected chi connectivity index (χ4v) is 2.61. The second-order valence-corrected chi connectivity index (χ2v) is 12.8. The van der Waals surface area contributed by atoms with Crippen LogP contribution in [0.15, 0.2) is 30.3 Å². The van der Waals surface area contributed by atoms with Gasteiger partial charge in [0.25, 0.3) is 0 Å². The molecule has 0 saturated heterocycles. The first-order valence-electron chi connectivity index (χ1n) is 3.82. The van der Waals surface area contributed by atoms with Crippen molar-refractivity contribution >= 4 is 13.6 Å². The zero-order valence-corrected chi connectivity index (χ0v) is 9.39. The van der Waals surface area contributed by atoms with Crippen LogP contribution in [0.2, 0.25) is 17.3 Å². The third-order valence-electron chi connectivity index (χ3n) is 1.17. The molecule has 0 aliphatic carbocycles. The topological polar surface area (TPSA) is 9.23 Å². The van der Waals surface area contributed by atoms with Crippen molar-refractivity contribution in [3.05, 3.63) is 30.3 Å². The molecule has 1 rings (SSSR count). The Hall–Kier alpha value is -0.437. The fraction of sp³-hybridized carbons (Fsp3) is 0.333. The quantitative estimate of drug-likeness (QED) is 0.683. The van der Waals surface area contributed by atoms with Crippen molar-refractivity contribution in [1.29, 1.82) is 0 Å². The number of benzene rings is 1. The van der Waals surface area contributed by atoms with Crippen LogP contribution in [0.3, 0.4) is 0 Å². The van der Waals surface area contributed by atoms with E-state index < -0.39 is 13.6 Å². The second-order valence-electron chi connectivity index (χ2n) is 3.53. The van der Waals surface area contributed by atoms with Gasteiger partial charge in [0.2, 0.25) is 0 Å².